The molecular formula is C20H25N3O3. The molecule has 6 nitrogen and oxygen atoms in total. The molecule has 1 amide bonds. The fourth-order valence-corrected chi connectivity index (χ4v) is 3.36. The van der Waals surface area contributed by atoms with Crippen LogP contribution in [0.4, 0.5) is 0 Å². The quantitative estimate of drug-likeness (QED) is 0.717. The third-order valence-corrected chi connectivity index (χ3v) is 4.85. The first-order chi connectivity index (χ1) is 12.6. The second-order valence-corrected chi connectivity index (χ2v) is 6.70. The molecule has 0 radical (unpaired) electrons. The van der Waals surface area contributed by atoms with E-state index in [-0.39, 0.29) is 24.3 Å². The topological polar surface area (TPSA) is 64.4 Å². The van der Waals surface area contributed by atoms with Gasteiger partial charge in [0.05, 0.1) is 6.33 Å². The minimum atomic E-state index is 0.0154. The number of rotatable bonds is 7. The average molecular weight is 355 g/mol. The number of carbonyl (C=O) groups is 2. The molecule has 2 aromatic rings. The second-order valence-electron chi connectivity index (χ2n) is 6.70. The van der Waals surface area contributed by atoms with Gasteiger partial charge in [-0.25, -0.2) is 4.98 Å². The zero-order valence-corrected chi connectivity index (χ0v) is 15.1. The maximum Gasteiger partial charge on any atom is 0.260 e. The Balaban J connectivity index is 1.53. The van der Waals surface area contributed by atoms with E-state index < -0.39 is 0 Å². The molecule has 0 spiro atoms. The zero-order valence-electron chi connectivity index (χ0n) is 15.1. The number of aromatic nitrogens is 2. The molecule has 1 fully saturated rings. The molecule has 1 aromatic carbocycles. The summed E-state index contributed by atoms with van der Waals surface area (Å²) < 4.78 is 7.68. The fraction of sp³-hybridized carbons (Fsp3) is 0.450. The Bertz CT molecular complexity index is 725. The first-order valence-corrected chi connectivity index (χ1v) is 9.12. The second kappa shape index (κ2) is 8.65. The van der Waals surface area contributed by atoms with Gasteiger partial charge in [0, 0.05) is 37.1 Å². The Morgan fingerprint density at radius 2 is 2.04 bits per heavy atom. The van der Waals surface area contributed by atoms with Gasteiger partial charge in [0.25, 0.3) is 5.91 Å². The van der Waals surface area contributed by atoms with E-state index in [2.05, 4.69) is 4.98 Å². The van der Waals surface area contributed by atoms with Gasteiger partial charge in [-0.15, -0.1) is 0 Å². The lowest BCUT2D eigenvalue weighted by Gasteiger charge is -2.36. The summed E-state index contributed by atoms with van der Waals surface area (Å²) >= 11 is 0. The highest BCUT2D eigenvalue weighted by atomic mass is 16.5. The lowest BCUT2D eigenvalue weighted by molar-refractivity contribution is -0.137. The van der Waals surface area contributed by atoms with Gasteiger partial charge in [0.15, 0.2) is 12.4 Å². The minimum absolute atomic E-state index is 0.0154. The molecule has 0 unspecified atom stereocenters. The summed E-state index contributed by atoms with van der Waals surface area (Å²) in [7, 11) is 0. The van der Waals surface area contributed by atoms with Crippen LogP contribution in [0.1, 0.15) is 43.0 Å². The molecule has 3 rings (SSSR count). The highest BCUT2D eigenvalue weighted by Crippen LogP contribution is 2.21. The molecule has 138 valence electrons. The van der Waals surface area contributed by atoms with Gasteiger partial charge >= 0.3 is 0 Å². The van der Waals surface area contributed by atoms with E-state index in [0.717, 1.165) is 38.8 Å². The van der Waals surface area contributed by atoms with Gasteiger partial charge in [-0.3, -0.25) is 9.59 Å². The Labute approximate surface area is 153 Å². The monoisotopic (exact) mass is 355 g/mol. The van der Waals surface area contributed by atoms with Crippen LogP contribution in [-0.2, 0) is 11.3 Å². The van der Waals surface area contributed by atoms with Crippen molar-refractivity contribution in [3.8, 4) is 5.75 Å². The molecule has 1 aromatic heterocycles. The van der Waals surface area contributed by atoms with Crippen molar-refractivity contribution in [2.24, 2.45) is 0 Å². The lowest BCUT2D eigenvalue weighted by Crippen LogP contribution is -2.46. The van der Waals surface area contributed by atoms with E-state index in [1.54, 1.807) is 30.5 Å². The van der Waals surface area contributed by atoms with Crippen LogP contribution >= 0.6 is 0 Å². The first kappa shape index (κ1) is 18.2. The maximum absolute atomic E-state index is 12.6. The zero-order chi connectivity index (χ0) is 18.4. The molecule has 0 N–H and O–H groups in total. The van der Waals surface area contributed by atoms with Crippen molar-refractivity contribution in [3.63, 3.8) is 0 Å². The summed E-state index contributed by atoms with van der Waals surface area (Å²) in [6.45, 7) is 3.21. The largest absolute Gasteiger partial charge is 0.484 e. The van der Waals surface area contributed by atoms with Crippen LogP contribution in [0.25, 0.3) is 0 Å². The van der Waals surface area contributed by atoms with Crippen molar-refractivity contribution >= 4 is 11.7 Å². The molecule has 1 aliphatic rings. The number of hydrogen-bond acceptors (Lipinski definition) is 4. The SMILES string of the molecule is CC(=O)c1ccc(OCC(=O)N2CCCC[C@@H]2CCn2ccnc2)cc1. The van der Waals surface area contributed by atoms with Crippen LogP contribution in [0.5, 0.6) is 5.75 Å². The summed E-state index contributed by atoms with van der Waals surface area (Å²) in [4.78, 5) is 30.0. The molecule has 1 atom stereocenters. The van der Waals surface area contributed by atoms with Crippen molar-refractivity contribution in [2.45, 2.75) is 45.2 Å². The molecular weight excluding hydrogens is 330 g/mol. The molecule has 1 saturated heterocycles. The maximum atomic E-state index is 12.6. The Morgan fingerprint density at radius 1 is 1.23 bits per heavy atom. The van der Waals surface area contributed by atoms with Crippen LogP contribution in [0.3, 0.4) is 0 Å². The van der Waals surface area contributed by atoms with Crippen molar-refractivity contribution in [1.82, 2.24) is 14.5 Å². The predicted molar refractivity (Wildman–Crippen MR) is 98.1 cm³/mol. The van der Waals surface area contributed by atoms with Gasteiger partial charge in [0.2, 0.25) is 0 Å². The van der Waals surface area contributed by atoms with Gasteiger partial charge in [0.1, 0.15) is 5.75 Å². The predicted octanol–water partition coefficient (Wildman–Crippen LogP) is 2.94. The van der Waals surface area contributed by atoms with Crippen molar-refractivity contribution in [2.75, 3.05) is 13.2 Å². The fourth-order valence-electron chi connectivity index (χ4n) is 3.36. The van der Waals surface area contributed by atoms with E-state index in [0.29, 0.717) is 11.3 Å². The number of ether oxygens (including phenoxy) is 1. The van der Waals surface area contributed by atoms with Crippen LogP contribution < -0.4 is 4.74 Å². The van der Waals surface area contributed by atoms with E-state index in [1.165, 1.54) is 6.92 Å². The molecule has 0 aliphatic carbocycles. The van der Waals surface area contributed by atoms with Crippen molar-refractivity contribution in [1.29, 1.82) is 0 Å². The minimum Gasteiger partial charge on any atom is -0.484 e. The number of benzene rings is 1. The van der Waals surface area contributed by atoms with Gasteiger partial charge < -0.3 is 14.2 Å². The van der Waals surface area contributed by atoms with Crippen LogP contribution in [-0.4, -0.2) is 45.3 Å². The Morgan fingerprint density at radius 3 is 2.73 bits per heavy atom. The number of nitrogens with zero attached hydrogens (tertiary/aromatic N) is 3. The number of likely N-dealkylation sites (tertiary alicyclic amines) is 1. The number of aryl methyl sites for hydroxylation is 1. The van der Waals surface area contributed by atoms with Gasteiger partial charge in [-0.05, 0) is 56.9 Å². The first-order valence-electron chi connectivity index (χ1n) is 9.12. The number of piperidine rings is 1. The van der Waals surface area contributed by atoms with E-state index >= 15 is 0 Å². The Kier molecular flexibility index (Phi) is 6.04. The molecule has 2 heterocycles. The molecule has 0 saturated carbocycles. The lowest BCUT2D eigenvalue weighted by atomic mass is 9.99. The molecule has 0 bridgehead atoms. The summed E-state index contributed by atoms with van der Waals surface area (Å²) in [5.74, 6) is 0.646. The van der Waals surface area contributed by atoms with Crippen LogP contribution in [0, 0.1) is 0 Å². The summed E-state index contributed by atoms with van der Waals surface area (Å²) in [6, 6.07) is 7.16. The van der Waals surface area contributed by atoms with Crippen molar-refractivity contribution in [3.05, 3.63) is 48.5 Å². The smallest absolute Gasteiger partial charge is 0.260 e. The summed E-state index contributed by atoms with van der Waals surface area (Å²) in [6.07, 6.45) is 9.69. The number of hydrogen-bond donors (Lipinski definition) is 0. The van der Waals surface area contributed by atoms with Crippen LogP contribution in [0.15, 0.2) is 43.0 Å². The van der Waals surface area contributed by atoms with E-state index in [1.807, 2.05) is 22.0 Å². The highest BCUT2D eigenvalue weighted by Gasteiger charge is 2.26. The number of imidazole rings is 1. The molecule has 1 aliphatic heterocycles. The highest BCUT2D eigenvalue weighted by molar-refractivity contribution is 5.94. The molecule has 26 heavy (non-hydrogen) atoms. The van der Waals surface area contributed by atoms with E-state index in [9.17, 15) is 9.59 Å². The number of amides is 1. The summed E-state index contributed by atoms with van der Waals surface area (Å²) in [5.41, 5.74) is 0.638. The van der Waals surface area contributed by atoms with Crippen molar-refractivity contribution < 1.29 is 14.3 Å². The van der Waals surface area contributed by atoms with E-state index in [4.69, 9.17) is 4.74 Å². The number of Topliss-reactive ketones (excluding diaryl/α,β-unsaturated/α-hetero) is 1. The number of ketones is 1. The molecule has 6 heteroatoms. The number of carbonyl (C=O) groups excluding carboxylic acids is 2. The third kappa shape index (κ3) is 4.71. The van der Waals surface area contributed by atoms with Gasteiger partial charge in [-0.1, -0.05) is 0 Å². The average Bonchev–Trinajstić information content (AvgIpc) is 3.18. The third-order valence-electron chi connectivity index (χ3n) is 4.85. The normalized spacial score (nSPS) is 17.1. The van der Waals surface area contributed by atoms with Crippen LogP contribution in [0.2, 0.25) is 0 Å². The van der Waals surface area contributed by atoms with Gasteiger partial charge in [-0.2, -0.15) is 0 Å². The Hall–Kier alpha value is -2.63. The summed E-state index contributed by atoms with van der Waals surface area (Å²) in [5, 5.41) is 0. The standard InChI is InChI=1S/C20H25N3O3/c1-16(24)17-5-7-19(8-6-17)26-14-20(25)23-11-3-2-4-18(23)9-12-22-13-10-21-15-22/h5-8,10,13,15,18H,2-4,9,11-12,14H2,1H3/t18-/m1/s1.